The lowest BCUT2D eigenvalue weighted by Crippen LogP contribution is -2.33. The number of carbonyl (C=O) groups excluding carboxylic acids is 1. The lowest BCUT2D eigenvalue weighted by Gasteiger charge is -2.18. The molecule has 0 saturated heterocycles. The van der Waals surface area contributed by atoms with Gasteiger partial charge >= 0.3 is 5.97 Å². The molecule has 0 aliphatic rings. The zero-order valence-electron chi connectivity index (χ0n) is 11.2. The number of hydrogen-bond acceptors (Lipinski definition) is 5. The summed E-state index contributed by atoms with van der Waals surface area (Å²) in [5, 5.41) is 0. The van der Waals surface area contributed by atoms with Crippen LogP contribution in [0.1, 0.15) is 12.5 Å². The number of nitrogens with two attached hydrogens (primary N) is 1. The number of benzene rings is 1. The first-order valence-corrected chi connectivity index (χ1v) is 7.21. The van der Waals surface area contributed by atoms with Crippen molar-refractivity contribution >= 4 is 21.7 Å². The summed E-state index contributed by atoms with van der Waals surface area (Å²) >= 11 is 0. The zero-order valence-corrected chi connectivity index (χ0v) is 12.0. The maximum Gasteiger partial charge on any atom is 0.321 e. The Labute approximate surface area is 113 Å². The Kier molecular flexibility index (Phi) is 4.90. The number of nitrogen functional groups attached to an aromatic ring is 1. The van der Waals surface area contributed by atoms with Crippen LogP contribution in [0.15, 0.2) is 23.1 Å². The normalized spacial score (nSPS) is 11.6. The van der Waals surface area contributed by atoms with Crippen LogP contribution in [0.25, 0.3) is 0 Å². The number of hydrogen-bond donors (Lipinski definition) is 1. The van der Waals surface area contributed by atoms with Crippen molar-refractivity contribution in [3.05, 3.63) is 23.8 Å². The first-order chi connectivity index (χ1) is 8.80. The molecule has 1 aromatic carbocycles. The largest absolute Gasteiger partial charge is 0.465 e. The van der Waals surface area contributed by atoms with E-state index in [1.54, 1.807) is 26.0 Å². The Hall–Kier alpha value is -1.60. The van der Waals surface area contributed by atoms with Crippen LogP contribution in [-0.2, 0) is 19.6 Å². The van der Waals surface area contributed by atoms with Crippen LogP contribution in [0.4, 0.5) is 5.69 Å². The summed E-state index contributed by atoms with van der Waals surface area (Å²) in [6.07, 6.45) is 0. The van der Waals surface area contributed by atoms with Gasteiger partial charge in [-0.25, -0.2) is 8.42 Å². The molecular formula is C12H18N2O4S. The fourth-order valence-electron chi connectivity index (χ4n) is 1.55. The summed E-state index contributed by atoms with van der Waals surface area (Å²) < 4.78 is 30.3. The lowest BCUT2D eigenvalue weighted by atomic mass is 10.2. The molecule has 0 amide bonds. The fraction of sp³-hybridized carbons (Fsp3) is 0.417. The van der Waals surface area contributed by atoms with Crippen molar-refractivity contribution in [1.29, 1.82) is 0 Å². The van der Waals surface area contributed by atoms with Crippen molar-refractivity contribution in [2.24, 2.45) is 0 Å². The molecule has 1 rings (SSSR count). The molecular weight excluding hydrogens is 268 g/mol. The molecule has 0 fully saturated rings. The average molecular weight is 286 g/mol. The Bertz CT molecular complexity index is 569. The Morgan fingerprint density at radius 1 is 1.42 bits per heavy atom. The van der Waals surface area contributed by atoms with E-state index in [1.807, 2.05) is 0 Å². The number of anilines is 1. The second-order valence-corrected chi connectivity index (χ2v) is 6.05. The fourth-order valence-corrected chi connectivity index (χ4v) is 2.92. The third-order valence-corrected chi connectivity index (χ3v) is 4.62. The number of esters is 1. The molecule has 6 nitrogen and oxygen atoms in total. The van der Waals surface area contributed by atoms with E-state index >= 15 is 0 Å². The van der Waals surface area contributed by atoms with Gasteiger partial charge in [-0.3, -0.25) is 4.79 Å². The minimum atomic E-state index is -3.75. The van der Waals surface area contributed by atoms with Crippen molar-refractivity contribution in [3.63, 3.8) is 0 Å². The molecule has 2 N–H and O–H groups in total. The molecule has 0 heterocycles. The van der Waals surface area contributed by atoms with Crippen LogP contribution in [0.2, 0.25) is 0 Å². The third-order valence-electron chi connectivity index (χ3n) is 2.67. The molecule has 0 radical (unpaired) electrons. The van der Waals surface area contributed by atoms with Gasteiger partial charge in [-0.1, -0.05) is 6.07 Å². The highest BCUT2D eigenvalue weighted by Gasteiger charge is 2.25. The molecule has 0 aliphatic heterocycles. The zero-order chi connectivity index (χ0) is 14.6. The second kappa shape index (κ2) is 6.03. The number of likely N-dealkylation sites (N-methyl/N-ethyl adjacent to an activating group) is 1. The average Bonchev–Trinajstić information content (AvgIpc) is 2.32. The van der Waals surface area contributed by atoms with Gasteiger partial charge in [0, 0.05) is 12.7 Å². The Morgan fingerprint density at radius 2 is 2.05 bits per heavy atom. The summed E-state index contributed by atoms with van der Waals surface area (Å²) in [4.78, 5) is 11.4. The molecule has 0 saturated carbocycles. The molecule has 0 spiro atoms. The summed E-state index contributed by atoms with van der Waals surface area (Å²) in [5.41, 5.74) is 6.56. The Balaban J connectivity index is 3.04. The summed E-state index contributed by atoms with van der Waals surface area (Å²) in [5.74, 6) is -0.588. The van der Waals surface area contributed by atoms with Gasteiger partial charge in [-0.05, 0) is 31.5 Å². The van der Waals surface area contributed by atoms with E-state index in [2.05, 4.69) is 0 Å². The first-order valence-electron chi connectivity index (χ1n) is 5.77. The quantitative estimate of drug-likeness (QED) is 0.637. The Morgan fingerprint density at radius 3 is 2.63 bits per heavy atom. The topological polar surface area (TPSA) is 89.7 Å². The maximum atomic E-state index is 12.3. The highest BCUT2D eigenvalue weighted by molar-refractivity contribution is 7.89. The minimum absolute atomic E-state index is 0.0966. The van der Waals surface area contributed by atoms with Gasteiger partial charge in [-0.15, -0.1) is 0 Å². The van der Waals surface area contributed by atoms with E-state index in [0.717, 1.165) is 4.31 Å². The molecule has 1 aromatic rings. The van der Waals surface area contributed by atoms with E-state index in [4.69, 9.17) is 10.5 Å². The molecule has 0 unspecified atom stereocenters. The SMILES string of the molecule is CCOC(=O)CN(C)S(=O)(=O)c1cccc(N)c1C. The van der Waals surface area contributed by atoms with E-state index in [0.29, 0.717) is 11.3 Å². The van der Waals surface area contributed by atoms with Crippen LogP contribution in [0.3, 0.4) is 0 Å². The van der Waals surface area contributed by atoms with Crippen molar-refractivity contribution in [2.75, 3.05) is 25.9 Å². The van der Waals surface area contributed by atoms with Crippen molar-refractivity contribution in [3.8, 4) is 0 Å². The predicted octanol–water partition coefficient (Wildman–Crippen LogP) is 0.761. The van der Waals surface area contributed by atoms with Crippen LogP contribution in [0.5, 0.6) is 0 Å². The predicted molar refractivity (Wildman–Crippen MR) is 72.0 cm³/mol. The van der Waals surface area contributed by atoms with Crippen LogP contribution in [-0.4, -0.2) is 38.9 Å². The van der Waals surface area contributed by atoms with Crippen molar-refractivity contribution in [2.45, 2.75) is 18.7 Å². The van der Waals surface area contributed by atoms with Gasteiger partial charge in [0.1, 0.15) is 6.54 Å². The first kappa shape index (κ1) is 15.5. The van der Waals surface area contributed by atoms with Gasteiger partial charge in [0.15, 0.2) is 0 Å². The number of carbonyl (C=O) groups is 1. The van der Waals surface area contributed by atoms with Crippen LogP contribution < -0.4 is 5.73 Å². The molecule has 0 aliphatic carbocycles. The molecule has 7 heteroatoms. The number of sulfonamides is 1. The van der Waals surface area contributed by atoms with E-state index in [-0.39, 0.29) is 18.0 Å². The highest BCUT2D eigenvalue weighted by Crippen LogP contribution is 2.23. The summed E-state index contributed by atoms with van der Waals surface area (Å²) in [6.45, 7) is 3.17. The number of ether oxygens (including phenoxy) is 1. The highest BCUT2D eigenvalue weighted by atomic mass is 32.2. The number of rotatable bonds is 5. The standard InChI is InChI=1S/C12H18N2O4S/c1-4-18-12(15)8-14(3)19(16,17)11-7-5-6-10(13)9(11)2/h5-7H,4,8,13H2,1-3H3. The second-order valence-electron chi connectivity index (χ2n) is 4.04. The van der Waals surface area contributed by atoms with Crippen molar-refractivity contribution < 1.29 is 17.9 Å². The van der Waals surface area contributed by atoms with E-state index in [1.165, 1.54) is 13.1 Å². The van der Waals surface area contributed by atoms with Crippen LogP contribution in [0, 0.1) is 6.92 Å². The molecule has 19 heavy (non-hydrogen) atoms. The van der Waals surface area contributed by atoms with Gasteiger partial charge in [-0.2, -0.15) is 4.31 Å². The van der Waals surface area contributed by atoms with E-state index in [9.17, 15) is 13.2 Å². The molecule has 0 atom stereocenters. The van der Waals surface area contributed by atoms with Gasteiger partial charge in [0.25, 0.3) is 0 Å². The van der Waals surface area contributed by atoms with Gasteiger partial charge in [0.05, 0.1) is 11.5 Å². The third kappa shape index (κ3) is 3.45. The smallest absolute Gasteiger partial charge is 0.321 e. The monoisotopic (exact) mass is 286 g/mol. The molecule has 106 valence electrons. The molecule has 0 aromatic heterocycles. The van der Waals surface area contributed by atoms with Crippen LogP contribution >= 0.6 is 0 Å². The van der Waals surface area contributed by atoms with E-state index < -0.39 is 16.0 Å². The van der Waals surface area contributed by atoms with Crippen molar-refractivity contribution in [1.82, 2.24) is 4.31 Å². The lowest BCUT2D eigenvalue weighted by molar-refractivity contribution is -0.143. The van der Waals surface area contributed by atoms with Gasteiger partial charge in [0.2, 0.25) is 10.0 Å². The number of nitrogens with zero attached hydrogens (tertiary/aromatic N) is 1. The summed E-state index contributed by atoms with van der Waals surface area (Å²) in [7, 11) is -2.42. The summed E-state index contributed by atoms with van der Waals surface area (Å²) in [6, 6.07) is 4.65. The van der Waals surface area contributed by atoms with Gasteiger partial charge < -0.3 is 10.5 Å². The maximum absolute atomic E-state index is 12.3. The molecule has 0 bridgehead atoms. The minimum Gasteiger partial charge on any atom is -0.465 e.